The van der Waals surface area contributed by atoms with Crippen molar-refractivity contribution in [3.05, 3.63) is 0 Å². The maximum Gasteiger partial charge on any atom is 0.211 e. The van der Waals surface area contributed by atoms with Crippen molar-refractivity contribution in [1.29, 1.82) is 0 Å². The number of hydrogen-bond acceptors (Lipinski definition) is 2. The topological polar surface area (TPSA) is 37.4 Å². The molecular weight excluding hydrogens is 246 g/mol. The molecule has 1 aliphatic rings. The van der Waals surface area contributed by atoms with E-state index in [1.54, 1.807) is 4.31 Å². The van der Waals surface area contributed by atoms with Crippen molar-refractivity contribution in [2.75, 3.05) is 12.8 Å². The van der Waals surface area contributed by atoms with Crippen molar-refractivity contribution in [3.8, 4) is 0 Å². The lowest BCUT2D eigenvalue weighted by molar-refractivity contribution is 0.238. The van der Waals surface area contributed by atoms with Gasteiger partial charge in [-0.15, -0.1) is 0 Å². The predicted octanol–water partition coefficient (Wildman–Crippen LogP) is 3.12. The number of rotatable bonds is 4. The van der Waals surface area contributed by atoms with E-state index in [0.29, 0.717) is 17.9 Å². The van der Waals surface area contributed by atoms with E-state index < -0.39 is 10.0 Å². The third kappa shape index (κ3) is 4.23. The summed E-state index contributed by atoms with van der Waals surface area (Å²) in [5, 5.41) is 0. The third-order valence-electron chi connectivity index (χ3n) is 3.89. The van der Waals surface area contributed by atoms with E-state index in [2.05, 4.69) is 20.8 Å². The van der Waals surface area contributed by atoms with Gasteiger partial charge in [-0.05, 0) is 50.9 Å². The average molecular weight is 275 g/mol. The van der Waals surface area contributed by atoms with E-state index in [-0.39, 0.29) is 5.54 Å². The minimum atomic E-state index is -3.11. The molecule has 1 rings (SSSR count). The second-order valence-electron chi connectivity index (χ2n) is 7.76. The second-order valence-corrected chi connectivity index (χ2v) is 9.67. The standard InChI is InChI=1S/C14H29NO2S/c1-13(2,3)12-10-11(12)8-9-15(14(4,5)6)18(7,16)17/h11-12H,8-10H2,1-7H3/t11-,12+/m0/s1. The first kappa shape index (κ1) is 16.0. The highest BCUT2D eigenvalue weighted by Gasteiger charge is 2.45. The molecule has 108 valence electrons. The van der Waals surface area contributed by atoms with Crippen molar-refractivity contribution in [1.82, 2.24) is 4.31 Å². The van der Waals surface area contributed by atoms with E-state index in [4.69, 9.17) is 0 Å². The molecule has 18 heavy (non-hydrogen) atoms. The molecule has 3 nitrogen and oxygen atoms in total. The molecule has 0 heterocycles. The highest BCUT2D eigenvalue weighted by atomic mass is 32.2. The van der Waals surface area contributed by atoms with Crippen LogP contribution in [0.15, 0.2) is 0 Å². The lowest BCUT2D eigenvalue weighted by Crippen LogP contribution is -2.45. The molecule has 0 aromatic rings. The van der Waals surface area contributed by atoms with Crippen LogP contribution in [0, 0.1) is 17.3 Å². The Kier molecular flexibility index (Phi) is 4.24. The van der Waals surface area contributed by atoms with Gasteiger partial charge < -0.3 is 0 Å². The van der Waals surface area contributed by atoms with Crippen molar-refractivity contribution in [2.45, 2.75) is 59.9 Å². The number of sulfonamides is 1. The van der Waals surface area contributed by atoms with Crippen molar-refractivity contribution in [3.63, 3.8) is 0 Å². The van der Waals surface area contributed by atoms with E-state index in [0.717, 1.165) is 12.3 Å². The Balaban J connectivity index is 2.57. The Bertz CT molecular complexity index is 387. The van der Waals surface area contributed by atoms with Gasteiger partial charge in [0.25, 0.3) is 0 Å². The first-order chi connectivity index (χ1) is 7.83. The van der Waals surface area contributed by atoms with Crippen LogP contribution in [0.3, 0.4) is 0 Å². The maximum atomic E-state index is 11.8. The highest BCUT2D eigenvalue weighted by molar-refractivity contribution is 7.88. The van der Waals surface area contributed by atoms with Gasteiger partial charge in [0, 0.05) is 12.1 Å². The Labute approximate surface area is 113 Å². The molecular formula is C14H29NO2S. The predicted molar refractivity (Wildman–Crippen MR) is 77.0 cm³/mol. The zero-order valence-electron chi connectivity index (χ0n) is 12.9. The normalized spacial score (nSPS) is 25.6. The van der Waals surface area contributed by atoms with Crippen LogP contribution in [-0.4, -0.2) is 31.1 Å². The van der Waals surface area contributed by atoms with Crippen LogP contribution in [0.2, 0.25) is 0 Å². The van der Waals surface area contributed by atoms with Crippen molar-refractivity contribution in [2.24, 2.45) is 17.3 Å². The van der Waals surface area contributed by atoms with Crippen LogP contribution in [0.25, 0.3) is 0 Å². The molecule has 0 radical (unpaired) electrons. The van der Waals surface area contributed by atoms with Crippen molar-refractivity contribution < 1.29 is 8.42 Å². The molecule has 4 heteroatoms. The molecule has 0 aromatic heterocycles. The molecule has 0 N–H and O–H groups in total. The fourth-order valence-electron chi connectivity index (χ4n) is 2.91. The summed E-state index contributed by atoms with van der Waals surface area (Å²) in [6.45, 7) is 13.4. The fraction of sp³-hybridized carbons (Fsp3) is 1.00. The maximum absolute atomic E-state index is 11.8. The highest BCUT2D eigenvalue weighted by Crippen LogP contribution is 2.52. The Hall–Kier alpha value is -0.0900. The minimum absolute atomic E-state index is 0.320. The van der Waals surface area contributed by atoms with Crippen molar-refractivity contribution >= 4 is 10.0 Å². The van der Waals surface area contributed by atoms with Gasteiger partial charge >= 0.3 is 0 Å². The van der Waals surface area contributed by atoms with Crippen LogP contribution >= 0.6 is 0 Å². The second kappa shape index (κ2) is 4.78. The SMILES string of the molecule is CC(C)(C)[C@@H]1C[C@@H]1CCN(C(C)(C)C)S(C)(=O)=O. The smallest absolute Gasteiger partial charge is 0.211 e. The molecule has 1 saturated carbocycles. The minimum Gasteiger partial charge on any atom is -0.212 e. The molecule has 0 amide bonds. The summed E-state index contributed by atoms with van der Waals surface area (Å²) in [5.74, 6) is 1.47. The van der Waals surface area contributed by atoms with Crippen LogP contribution in [0.1, 0.15) is 54.4 Å². The zero-order chi connectivity index (χ0) is 14.4. The van der Waals surface area contributed by atoms with Gasteiger partial charge in [-0.2, -0.15) is 4.31 Å². The van der Waals surface area contributed by atoms with Crippen LogP contribution in [0.5, 0.6) is 0 Å². The summed E-state index contributed by atoms with van der Waals surface area (Å²) in [6.07, 6.45) is 3.56. The van der Waals surface area contributed by atoms with Crippen LogP contribution in [0.4, 0.5) is 0 Å². The zero-order valence-corrected chi connectivity index (χ0v) is 13.8. The van der Waals surface area contributed by atoms with E-state index >= 15 is 0 Å². The monoisotopic (exact) mass is 275 g/mol. The van der Waals surface area contributed by atoms with Gasteiger partial charge in [0.2, 0.25) is 10.0 Å². The summed E-state index contributed by atoms with van der Waals surface area (Å²) in [7, 11) is -3.11. The Morgan fingerprint density at radius 1 is 1.11 bits per heavy atom. The Morgan fingerprint density at radius 3 is 1.89 bits per heavy atom. The first-order valence-corrected chi connectivity index (χ1v) is 8.66. The summed E-state index contributed by atoms with van der Waals surface area (Å²) < 4.78 is 25.3. The first-order valence-electron chi connectivity index (χ1n) is 6.81. The van der Waals surface area contributed by atoms with Crippen LogP contribution in [-0.2, 0) is 10.0 Å². The summed E-state index contributed by atoms with van der Waals surface area (Å²) in [4.78, 5) is 0. The lowest BCUT2D eigenvalue weighted by atomic mass is 9.88. The van der Waals surface area contributed by atoms with Gasteiger partial charge in [0.15, 0.2) is 0 Å². The van der Waals surface area contributed by atoms with E-state index in [1.807, 2.05) is 20.8 Å². The van der Waals surface area contributed by atoms with Crippen LogP contribution < -0.4 is 0 Å². The quantitative estimate of drug-likeness (QED) is 0.790. The van der Waals surface area contributed by atoms with E-state index in [1.165, 1.54) is 12.7 Å². The Morgan fingerprint density at radius 2 is 1.61 bits per heavy atom. The molecule has 2 atom stereocenters. The van der Waals surface area contributed by atoms with Gasteiger partial charge in [0.1, 0.15) is 0 Å². The lowest BCUT2D eigenvalue weighted by Gasteiger charge is -2.33. The summed E-state index contributed by atoms with van der Waals surface area (Å²) in [5.41, 5.74) is 0.0437. The molecule has 1 fully saturated rings. The summed E-state index contributed by atoms with van der Waals surface area (Å²) >= 11 is 0. The van der Waals surface area contributed by atoms with Gasteiger partial charge in [-0.3, -0.25) is 0 Å². The third-order valence-corrected chi connectivity index (χ3v) is 5.42. The number of hydrogen-bond donors (Lipinski definition) is 0. The van der Waals surface area contributed by atoms with E-state index in [9.17, 15) is 8.42 Å². The number of nitrogens with zero attached hydrogens (tertiary/aromatic N) is 1. The molecule has 1 aliphatic carbocycles. The molecule has 0 aliphatic heterocycles. The molecule has 0 aromatic carbocycles. The fourth-order valence-corrected chi connectivity index (χ4v) is 4.34. The largest absolute Gasteiger partial charge is 0.212 e. The van der Waals surface area contributed by atoms with Gasteiger partial charge in [-0.25, -0.2) is 8.42 Å². The summed E-state index contributed by atoms with van der Waals surface area (Å²) in [6, 6.07) is 0. The molecule has 0 bridgehead atoms. The molecule has 0 saturated heterocycles. The molecule has 0 unspecified atom stereocenters. The average Bonchev–Trinajstić information content (AvgIpc) is 2.76. The molecule has 0 spiro atoms. The van der Waals surface area contributed by atoms with Gasteiger partial charge in [0.05, 0.1) is 6.26 Å². The van der Waals surface area contributed by atoms with Gasteiger partial charge in [-0.1, -0.05) is 20.8 Å².